The van der Waals surface area contributed by atoms with Crippen LogP contribution in [0.5, 0.6) is 0 Å². The average Bonchev–Trinajstić information content (AvgIpc) is 1.51. The molecule has 0 saturated heterocycles. The van der Waals surface area contributed by atoms with Gasteiger partial charge in [-0.05, 0) is 233 Å². The molecule has 0 aliphatic heterocycles. The minimum Gasteiger partial charge on any atom is -0.456 e. The molecule has 4 nitrogen and oxygen atoms in total. The van der Waals surface area contributed by atoms with Crippen molar-refractivity contribution in [3.63, 3.8) is 0 Å². The van der Waals surface area contributed by atoms with Crippen LogP contribution < -0.4 is 0 Å². The first-order valence-electron chi connectivity index (χ1n) is 32.9. The third kappa shape index (κ3) is 7.38. The van der Waals surface area contributed by atoms with Crippen LogP contribution in [0, 0.1) is 0 Å². The molecule has 4 heterocycles. The quantitative estimate of drug-likeness (QED) is 0.161. The normalized spacial score (nSPS) is 12.4. The lowest BCUT2D eigenvalue weighted by atomic mass is 9.85. The summed E-state index contributed by atoms with van der Waals surface area (Å²) in [6.45, 7) is 0. The summed E-state index contributed by atoms with van der Waals surface area (Å²) in [5, 5.41) is 27.8. The molecular formula is C92H50O4. The van der Waals surface area contributed by atoms with Crippen molar-refractivity contribution < 1.29 is 17.7 Å². The van der Waals surface area contributed by atoms with Crippen molar-refractivity contribution in [2.24, 2.45) is 0 Å². The number of fused-ring (bicyclic) bond motifs is 22. The molecule has 0 unspecified atom stereocenters. The standard InChI is InChI=1S/C92H50O4/c1-2-16-53-49-85-77(43-52(53)15-1)75-46-58(31-37-80(75)94-85)88-66-21-7-5-19-64(66)87(65-20-6-8-22-67(65)88)57-33-39-82-74(45-57)72-36-29-56-42-55(28-35-63(56)92(72)96-82)61-27-13-17-54-44-78-76-47-59(32-38-81(76)95-86(78)50-73(54)61)89-68-23-9-11-25-70(68)90(71-26-12-10-24-69(71)89)60-34-40-83-79(48-60)91-62-18-4-3-14-51(62)30-41-84(91)93-83/h1-50H. The van der Waals surface area contributed by atoms with Crippen LogP contribution in [0.1, 0.15) is 0 Å². The highest BCUT2D eigenvalue weighted by molar-refractivity contribution is 6.27. The van der Waals surface area contributed by atoms with Crippen LogP contribution in [0.4, 0.5) is 0 Å². The van der Waals surface area contributed by atoms with Crippen LogP contribution in [0.15, 0.2) is 321 Å². The number of rotatable bonds is 5. The Morgan fingerprint density at radius 1 is 0.156 bits per heavy atom. The van der Waals surface area contributed by atoms with E-state index in [9.17, 15) is 0 Å². The first-order valence-corrected chi connectivity index (χ1v) is 32.9. The smallest absolute Gasteiger partial charge is 0.143 e. The van der Waals surface area contributed by atoms with Crippen LogP contribution in [-0.2, 0) is 0 Å². The zero-order valence-corrected chi connectivity index (χ0v) is 51.5. The van der Waals surface area contributed by atoms with Gasteiger partial charge >= 0.3 is 0 Å². The Morgan fingerprint density at radius 3 is 1.07 bits per heavy atom. The van der Waals surface area contributed by atoms with Gasteiger partial charge in [-0.25, -0.2) is 0 Å². The van der Waals surface area contributed by atoms with Gasteiger partial charge in [-0.3, -0.25) is 0 Å². The summed E-state index contributed by atoms with van der Waals surface area (Å²) in [6, 6.07) is 111. The third-order valence-corrected chi connectivity index (χ3v) is 20.9. The van der Waals surface area contributed by atoms with Gasteiger partial charge in [0, 0.05) is 48.5 Å². The van der Waals surface area contributed by atoms with Gasteiger partial charge < -0.3 is 17.7 Å². The van der Waals surface area contributed by atoms with Gasteiger partial charge in [0.15, 0.2) is 0 Å². The average molecular weight is 1220 g/mol. The number of furan rings is 4. The van der Waals surface area contributed by atoms with Crippen LogP contribution in [-0.4, -0.2) is 0 Å². The molecular weight excluding hydrogens is 1170 g/mol. The molecule has 4 aromatic heterocycles. The van der Waals surface area contributed by atoms with E-state index in [0.29, 0.717) is 0 Å². The van der Waals surface area contributed by atoms with Gasteiger partial charge in [0.2, 0.25) is 0 Å². The first-order chi connectivity index (χ1) is 47.5. The SMILES string of the molecule is c1ccc2cc3c(cc2c1)oc1ccc(-c2c4ccccc4c(-c4ccc5oc6c7ccc(-c8cccc9cc%10c(cc89)oc8ccc(-c9c%11ccccc%11c(-c%11ccc%12oc%13ccc%14ccccc%14c%13c%12c%11)c%11ccccc9%11)cc8%10)cc7ccc6c5c4)c4ccccc24)cc13. The van der Waals surface area contributed by atoms with Gasteiger partial charge in [0.05, 0.1) is 0 Å². The molecule has 0 fully saturated rings. The van der Waals surface area contributed by atoms with Gasteiger partial charge in [-0.2, -0.15) is 0 Å². The Bertz CT molecular complexity index is 7090. The molecule has 18 aromatic carbocycles. The summed E-state index contributed by atoms with van der Waals surface area (Å²) in [5.74, 6) is 0. The Labute approximate surface area is 547 Å². The Hall–Kier alpha value is -12.8. The van der Waals surface area contributed by atoms with E-state index in [0.717, 1.165) is 143 Å². The number of benzene rings is 18. The molecule has 22 aromatic rings. The van der Waals surface area contributed by atoms with E-state index in [-0.39, 0.29) is 0 Å². The lowest BCUT2D eigenvalue weighted by Gasteiger charge is -2.18. The van der Waals surface area contributed by atoms with E-state index in [1.165, 1.54) is 86.9 Å². The summed E-state index contributed by atoms with van der Waals surface area (Å²) in [4.78, 5) is 0. The van der Waals surface area contributed by atoms with Gasteiger partial charge in [-0.1, -0.05) is 206 Å². The summed E-state index contributed by atoms with van der Waals surface area (Å²) < 4.78 is 26.7. The van der Waals surface area contributed by atoms with Crippen molar-refractivity contribution in [1.82, 2.24) is 0 Å². The fourth-order valence-electron chi connectivity index (χ4n) is 16.7. The van der Waals surface area contributed by atoms with Crippen molar-refractivity contribution in [3.8, 4) is 55.6 Å². The van der Waals surface area contributed by atoms with Gasteiger partial charge in [0.1, 0.15) is 44.7 Å². The largest absolute Gasteiger partial charge is 0.456 e. The van der Waals surface area contributed by atoms with Crippen molar-refractivity contribution in [2.45, 2.75) is 0 Å². The Morgan fingerprint density at radius 2 is 0.521 bits per heavy atom. The Kier molecular flexibility index (Phi) is 10.5. The van der Waals surface area contributed by atoms with E-state index in [1.807, 2.05) is 0 Å². The topological polar surface area (TPSA) is 52.6 Å². The summed E-state index contributed by atoms with van der Waals surface area (Å²) in [5.41, 5.74) is 18.8. The van der Waals surface area contributed by atoms with Crippen LogP contribution in [0.25, 0.3) is 230 Å². The van der Waals surface area contributed by atoms with Crippen LogP contribution >= 0.6 is 0 Å². The van der Waals surface area contributed by atoms with E-state index in [1.54, 1.807) is 0 Å². The molecule has 0 atom stereocenters. The second-order valence-corrected chi connectivity index (χ2v) is 26.0. The molecule has 96 heavy (non-hydrogen) atoms. The van der Waals surface area contributed by atoms with Crippen molar-refractivity contribution in [1.29, 1.82) is 0 Å². The maximum absolute atomic E-state index is 6.90. The molecule has 4 heteroatoms. The molecule has 0 aliphatic carbocycles. The summed E-state index contributed by atoms with van der Waals surface area (Å²) in [7, 11) is 0. The molecule has 0 bridgehead atoms. The molecule has 0 saturated carbocycles. The maximum Gasteiger partial charge on any atom is 0.143 e. The lowest BCUT2D eigenvalue weighted by molar-refractivity contribution is 0.669. The van der Waals surface area contributed by atoms with Crippen molar-refractivity contribution in [2.75, 3.05) is 0 Å². The fraction of sp³-hybridized carbons (Fsp3) is 0. The predicted molar refractivity (Wildman–Crippen MR) is 403 cm³/mol. The van der Waals surface area contributed by atoms with E-state index >= 15 is 0 Å². The second-order valence-electron chi connectivity index (χ2n) is 26.0. The molecule has 442 valence electrons. The molecule has 0 radical (unpaired) electrons. The molecule has 0 N–H and O–H groups in total. The van der Waals surface area contributed by atoms with Crippen LogP contribution in [0.3, 0.4) is 0 Å². The minimum absolute atomic E-state index is 0.860. The predicted octanol–water partition coefficient (Wildman–Crippen LogP) is 26.8. The van der Waals surface area contributed by atoms with E-state index < -0.39 is 0 Å². The van der Waals surface area contributed by atoms with E-state index in [2.05, 4.69) is 303 Å². The highest BCUT2D eigenvalue weighted by Crippen LogP contribution is 2.50. The molecule has 22 rings (SSSR count). The maximum atomic E-state index is 6.90. The van der Waals surface area contributed by atoms with Gasteiger partial charge in [-0.15, -0.1) is 0 Å². The molecule has 0 aliphatic rings. The summed E-state index contributed by atoms with van der Waals surface area (Å²) in [6.07, 6.45) is 0. The molecule has 0 amide bonds. The number of hydrogen-bond donors (Lipinski definition) is 0. The molecule has 0 spiro atoms. The fourth-order valence-corrected chi connectivity index (χ4v) is 16.7. The van der Waals surface area contributed by atoms with E-state index in [4.69, 9.17) is 17.7 Å². The van der Waals surface area contributed by atoms with Crippen LogP contribution in [0.2, 0.25) is 0 Å². The third-order valence-electron chi connectivity index (χ3n) is 20.9. The zero-order chi connectivity index (χ0) is 62.4. The highest BCUT2D eigenvalue weighted by atomic mass is 16.3. The highest BCUT2D eigenvalue weighted by Gasteiger charge is 2.24. The second kappa shape index (κ2) is 19.4. The monoisotopic (exact) mass is 1220 g/mol. The summed E-state index contributed by atoms with van der Waals surface area (Å²) >= 11 is 0. The van der Waals surface area contributed by atoms with Crippen molar-refractivity contribution >= 4 is 174 Å². The number of hydrogen-bond acceptors (Lipinski definition) is 4. The Balaban J connectivity index is 0.628. The first kappa shape index (κ1) is 51.8. The lowest BCUT2D eigenvalue weighted by Crippen LogP contribution is -1.90. The van der Waals surface area contributed by atoms with Gasteiger partial charge in [0.25, 0.3) is 0 Å². The minimum atomic E-state index is 0.860. The zero-order valence-electron chi connectivity index (χ0n) is 51.5. The van der Waals surface area contributed by atoms with Crippen molar-refractivity contribution in [3.05, 3.63) is 303 Å².